The standard InChI is InChI=1S/C35H38FN3O5/c1-3-4-21-42-35(40)39-19-17-38(18-20-39)31-23-32(41-2)29(22-30(31)36)28-15-16-33(43-24-26-11-7-5-8-12-26)37-34(28)44-25-27-13-9-6-10-14-27/h5-16,22-23H,3-4,17-21,24-25H2,1-2H3. The fraction of sp³-hybridized carbons (Fsp3) is 0.314. The predicted octanol–water partition coefficient (Wildman–Crippen LogP) is 7.11. The first-order valence-corrected chi connectivity index (χ1v) is 14.9. The molecule has 5 rings (SSSR count). The Labute approximate surface area is 257 Å². The van der Waals surface area contributed by atoms with E-state index in [1.807, 2.05) is 78.6 Å². The molecule has 0 radical (unpaired) electrons. The molecule has 1 aromatic heterocycles. The lowest BCUT2D eigenvalue weighted by Gasteiger charge is -2.35. The number of pyridine rings is 1. The Morgan fingerprint density at radius 3 is 2.14 bits per heavy atom. The molecule has 0 spiro atoms. The summed E-state index contributed by atoms with van der Waals surface area (Å²) in [7, 11) is 1.56. The van der Waals surface area contributed by atoms with Crippen molar-refractivity contribution in [3.63, 3.8) is 0 Å². The first kappa shape index (κ1) is 30.7. The van der Waals surface area contributed by atoms with Gasteiger partial charge in [0.25, 0.3) is 0 Å². The van der Waals surface area contributed by atoms with Crippen molar-refractivity contribution in [2.75, 3.05) is 44.8 Å². The third-order valence-electron chi connectivity index (χ3n) is 7.44. The molecule has 1 fully saturated rings. The fourth-order valence-electron chi connectivity index (χ4n) is 4.97. The van der Waals surface area contributed by atoms with Crippen LogP contribution in [0.25, 0.3) is 11.1 Å². The number of ether oxygens (including phenoxy) is 4. The molecular weight excluding hydrogens is 561 g/mol. The quantitative estimate of drug-likeness (QED) is 0.161. The van der Waals surface area contributed by atoms with E-state index in [0.29, 0.717) is 73.7 Å². The van der Waals surface area contributed by atoms with Gasteiger partial charge in [-0.15, -0.1) is 0 Å². The zero-order valence-electron chi connectivity index (χ0n) is 25.2. The van der Waals surface area contributed by atoms with Gasteiger partial charge in [-0.25, -0.2) is 9.18 Å². The highest BCUT2D eigenvalue weighted by Crippen LogP contribution is 2.40. The minimum Gasteiger partial charge on any atom is -0.496 e. The van der Waals surface area contributed by atoms with E-state index in [9.17, 15) is 4.79 Å². The number of unbranched alkanes of at least 4 members (excludes halogenated alkanes) is 1. The fourth-order valence-corrected chi connectivity index (χ4v) is 4.97. The SMILES string of the molecule is CCCCOC(=O)N1CCN(c2cc(OC)c(-c3ccc(OCc4ccccc4)nc3OCc3ccccc3)cc2F)CC1. The van der Waals surface area contributed by atoms with Gasteiger partial charge in [-0.3, -0.25) is 0 Å². The Kier molecular flexibility index (Phi) is 10.5. The summed E-state index contributed by atoms with van der Waals surface area (Å²) in [4.78, 5) is 20.6. The summed E-state index contributed by atoms with van der Waals surface area (Å²) in [5, 5.41) is 0. The average molecular weight is 600 g/mol. The summed E-state index contributed by atoms with van der Waals surface area (Å²) in [5.74, 6) is 0.771. The van der Waals surface area contributed by atoms with Gasteiger partial charge in [-0.2, -0.15) is 4.98 Å². The molecule has 0 bridgehead atoms. The van der Waals surface area contributed by atoms with Gasteiger partial charge < -0.3 is 28.7 Å². The average Bonchev–Trinajstić information content (AvgIpc) is 3.07. The number of anilines is 1. The van der Waals surface area contributed by atoms with Gasteiger partial charge in [-0.1, -0.05) is 74.0 Å². The molecule has 2 heterocycles. The maximum absolute atomic E-state index is 15.8. The topological polar surface area (TPSA) is 73.4 Å². The van der Waals surface area contributed by atoms with Gasteiger partial charge in [0.05, 0.1) is 19.4 Å². The van der Waals surface area contributed by atoms with Crippen molar-refractivity contribution < 1.29 is 28.1 Å². The van der Waals surface area contributed by atoms with Crippen molar-refractivity contribution in [2.24, 2.45) is 0 Å². The molecule has 1 aliphatic heterocycles. The third-order valence-corrected chi connectivity index (χ3v) is 7.44. The number of rotatable bonds is 12. The molecule has 0 atom stereocenters. The Bertz CT molecular complexity index is 1510. The Balaban J connectivity index is 1.37. The number of hydrogen-bond acceptors (Lipinski definition) is 7. The van der Waals surface area contributed by atoms with Crippen LogP contribution in [0.1, 0.15) is 30.9 Å². The van der Waals surface area contributed by atoms with E-state index in [1.54, 1.807) is 24.1 Å². The van der Waals surface area contributed by atoms with Gasteiger partial charge in [0.1, 0.15) is 24.8 Å². The van der Waals surface area contributed by atoms with Gasteiger partial charge in [0, 0.05) is 49.4 Å². The molecular formula is C35H38FN3O5. The van der Waals surface area contributed by atoms with Crippen LogP contribution in [0.15, 0.2) is 84.9 Å². The maximum Gasteiger partial charge on any atom is 0.409 e. The second-order valence-electron chi connectivity index (χ2n) is 10.5. The van der Waals surface area contributed by atoms with Crippen LogP contribution >= 0.6 is 0 Å². The number of aromatic nitrogens is 1. The van der Waals surface area contributed by atoms with Gasteiger partial charge in [0.15, 0.2) is 0 Å². The highest BCUT2D eigenvalue weighted by atomic mass is 19.1. The number of hydrogen-bond donors (Lipinski definition) is 0. The molecule has 44 heavy (non-hydrogen) atoms. The Morgan fingerprint density at radius 2 is 1.50 bits per heavy atom. The lowest BCUT2D eigenvalue weighted by Crippen LogP contribution is -2.49. The molecule has 9 heteroatoms. The normalized spacial score (nSPS) is 13.0. The van der Waals surface area contributed by atoms with Crippen LogP contribution in [0.3, 0.4) is 0 Å². The molecule has 0 unspecified atom stereocenters. The van der Waals surface area contributed by atoms with Crippen LogP contribution in [0, 0.1) is 5.82 Å². The van der Waals surface area contributed by atoms with E-state index < -0.39 is 5.82 Å². The van der Waals surface area contributed by atoms with Crippen molar-refractivity contribution >= 4 is 11.8 Å². The van der Waals surface area contributed by atoms with Crippen LogP contribution < -0.4 is 19.1 Å². The lowest BCUT2D eigenvalue weighted by molar-refractivity contribution is 0.0989. The molecule has 0 saturated carbocycles. The van der Waals surface area contributed by atoms with E-state index >= 15 is 4.39 Å². The van der Waals surface area contributed by atoms with E-state index in [-0.39, 0.29) is 12.7 Å². The van der Waals surface area contributed by atoms with Crippen LogP contribution in [-0.2, 0) is 18.0 Å². The van der Waals surface area contributed by atoms with E-state index in [0.717, 1.165) is 24.0 Å². The molecule has 230 valence electrons. The number of amides is 1. The molecule has 1 saturated heterocycles. The minimum atomic E-state index is -0.404. The molecule has 1 amide bonds. The second-order valence-corrected chi connectivity index (χ2v) is 10.5. The molecule has 0 aliphatic carbocycles. The monoisotopic (exact) mass is 599 g/mol. The van der Waals surface area contributed by atoms with Crippen LogP contribution in [-0.4, -0.2) is 55.9 Å². The Morgan fingerprint density at radius 1 is 0.841 bits per heavy atom. The summed E-state index contributed by atoms with van der Waals surface area (Å²) in [5.41, 5.74) is 3.48. The number of methoxy groups -OCH3 is 1. The van der Waals surface area contributed by atoms with Crippen molar-refractivity contribution in [3.05, 3.63) is 102 Å². The number of carbonyl (C=O) groups excluding carboxylic acids is 1. The van der Waals surface area contributed by atoms with Crippen LogP contribution in [0.5, 0.6) is 17.5 Å². The van der Waals surface area contributed by atoms with Crippen molar-refractivity contribution in [2.45, 2.75) is 33.0 Å². The summed E-state index contributed by atoms with van der Waals surface area (Å²) in [6, 6.07) is 26.3. The summed E-state index contributed by atoms with van der Waals surface area (Å²) in [6.45, 7) is 4.92. The Hall–Kier alpha value is -4.79. The molecule has 1 aliphatic rings. The second kappa shape index (κ2) is 15.1. The number of benzene rings is 3. The number of nitrogens with zero attached hydrogens (tertiary/aromatic N) is 3. The first-order valence-electron chi connectivity index (χ1n) is 14.9. The smallest absolute Gasteiger partial charge is 0.409 e. The van der Waals surface area contributed by atoms with Gasteiger partial charge >= 0.3 is 6.09 Å². The number of halogens is 1. The zero-order chi connectivity index (χ0) is 30.7. The largest absolute Gasteiger partial charge is 0.496 e. The predicted molar refractivity (Wildman–Crippen MR) is 168 cm³/mol. The first-order chi connectivity index (χ1) is 21.6. The lowest BCUT2D eigenvalue weighted by atomic mass is 10.0. The van der Waals surface area contributed by atoms with Crippen LogP contribution in [0.4, 0.5) is 14.9 Å². The summed E-state index contributed by atoms with van der Waals surface area (Å²) < 4.78 is 39.0. The molecule has 4 aromatic rings. The van der Waals surface area contributed by atoms with Gasteiger partial charge in [0.2, 0.25) is 11.8 Å². The molecule has 3 aromatic carbocycles. The third kappa shape index (κ3) is 7.78. The van der Waals surface area contributed by atoms with E-state index in [1.165, 1.54) is 6.07 Å². The molecule has 0 N–H and O–H groups in total. The van der Waals surface area contributed by atoms with Gasteiger partial charge in [-0.05, 0) is 29.7 Å². The van der Waals surface area contributed by atoms with Crippen molar-refractivity contribution in [1.29, 1.82) is 0 Å². The maximum atomic E-state index is 15.8. The number of carbonyl (C=O) groups is 1. The van der Waals surface area contributed by atoms with Crippen molar-refractivity contribution in [3.8, 4) is 28.6 Å². The van der Waals surface area contributed by atoms with Crippen molar-refractivity contribution in [1.82, 2.24) is 9.88 Å². The zero-order valence-corrected chi connectivity index (χ0v) is 25.2. The molecule has 8 nitrogen and oxygen atoms in total. The summed E-state index contributed by atoms with van der Waals surface area (Å²) >= 11 is 0. The van der Waals surface area contributed by atoms with Crippen LogP contribution in [0.2, 0.25) is 0 Å². The van der Waals surface area contributed by atoms with E-state index in [4.69, 9.17) is 18.9 Å². The number of piperazine rings is 1. The highest BCUT2D eigenvalue weighted by Gasteiger charge is 2.26. The van der Waals surface area contributed by atoms with E-state index in [2.05, 4.69) is 4.98 Å². The highest BCUT2D eigenvalue weighted by molar-refractivity contribution is 5.78. The minimum absolute atomic E-state index is 0.275. The summed E-state index contributed by atoms with van der Waals surface area (Å²) in [6.07, 6.45) is 1.47.